The van der Waals surface area contributed by atoms with E-state index >= 15 is 0 Å². The summed E-state index contributed by atoms with van der Waals surface area (Å²) in [6.45, 7) is 2.35. The molecule has 1 aliphatic heterocycles. The monoisotopic (exact) mass is 333 g/mol. The number of piperidine rings is 1. The summed E-state index contributed by atoms with van der Waals surface area (Å²) < 4.78 is 14.5. The molecule has 1 amide bonds. The second-order valence-electron chi connectivity index (χ2n) is 5.95. The molecule has 0 aliphatic carbocycles. The van der Waals surface area contributed by atoms with Crippen molar-refractivity contribution in [2.45, 2.75) is 25.3 Å². The molecule has 0 bridgehead atoms. The molecular weight excluding hydrogens is 313 g/mol. The van der Waals surface area contributed by atoms with Crippen LogP contribution in [0.1, 0.15) is 25.3 Å². The fraction of sp³-hybridized carbons (Fsp3) is 0.438. The van der Waals surface area contributed by atoms with Gasteiger partial charge in [0.15, 0.2) is 0 Å². The molecule has 0 radical (unpaired) electrons. The predicted molar refractivity (Wildman–Crippen MR) is 87.2 cm³/mol. The molecule has 1 aromatic heterocycles. The van der Waals surface area contributed by atoms with Crippen molar-refractivity contribution in [1.29, 1.82) is 0 Å². The van der Waals surface area contributed by atoms with Crippen LogP contribution in [0.5, 0.6) is 0 Å². The summed E-state index contributed by atoms with van der Waals surface area (Å²) in [7, 11) is 0. The van der Waals surface area contributed by atoms with Crippen molar-refractivity contribution in [3.8, 4) is 0 Å². The Balaban J connectivity index is 1.41. The van der Waals surface area contributed by atoms with E-state index in [1.54, 1.807) is 23.0 Å². The molecule has 0 saturated carbocycles. The van der Waals surface area contributed by atoms with E-state index in [2.05, 4.69) is 20.4 Å². The van der Waals surface area contributed by atoms with Crippen molar-refractivity contribution in [2.75, 3.05) is 25.0 Å². The maximum atomic E-state index is 12.8. The van der Waals surface area contributed by atoms with Gasteiger partial charge in [-0.15, -0.1) is 0 Å². The van der Waals surface area contributed by atoms with E-state index in [0.29, 0.717) is 18.7 Å². The third kappa shape index (κ3) is 4.08. The molecule has 1 fully saturated rings. The topological polar surface area (TPSA) is 83.0 Å². The SMILES string of the molecule is O=C(CCN1CCC(n2cn[nH]c2=O)CC1)Nc1ccc(F)cc1. The Morgan fingerprint density at radius 3 is 2.62 bits per heavy atom. The Bertz CT molecular complexity index is 731. The lowest BCUT2D eigenvalue weighted by atomic mass is 10.0. The van der Waals surface area contributed by atoms with Crippen LogP contribution in [0.25, 0.3) is 0 Å². The van der Waals surface area contributed by atoms with Crippen molar-refractivity contribution in [3.63, 3.8) is 0 Å². The maximum absolute atomic E-state index is 12.8. The number of likely N-dealkylation sites (tertiary alicyclic amines) is 1. The van der Waals surface area contributed by atoms with E-state index in [9.17, 15) is 14.0 Å². The molecule has 2 heterocycles. The summed E-state index contributed by atoms with van der Waals surface area (Å²) in [4.78, 5) is 25.7. The number of H-pyrrole nitrogens is 1. The molecule has 1 aromatic carbocycles. The molecule has 1 aliphatic rings. The van der Waals surface area contributed by atoms with Gasteiger partial charge in [-0.25, -0.2) is 14.3 Å². The van der Waals surface area contributed by atoms with E-state index in [1.165, 1.54) is 12.1 Å². The second kappa shape index (κ2) is 7.39. The second-order valence-corrected chi connectivity index (χ2v) is 5.95. The predicted octanol–water partition coefficient (Wildman–Crippen LogP) is 1.38. The summed E-state index contributed by atoms with van der Waals surface area (Å²) in [5, 5.41) is 8.92. The number of nitrogens with one attached hydrogen (secondary N) is 2. The first kappa shape index (κ1) is 16.4. The van der Waals surface area contributed by atoms with Crippen molar-refractivity contribution < 1.29 is 9.18 Å². The highest BCUT2D eigenvalue weighted by Gasteiger charge is 2.22. The standard InChI is InChI=1S/C16H20FN5O2/c17-12-1-3-13(4-2-12)19-15(23)7-10-21-8-5-14(6-9-21)22-11-18-20-16(22)24/h1-4,11,14H,5-10H2,(H,19,23)(H,20,24). The molecule has 1 saturated heterocycles. The van der Waals surface area contributed by atoms with Crippen LogP contribution in [0, 0.1) is 5.82 Å². The molecule has 0 spiro atoms. The fourth-order valence-corrected chi connectivity index (χ4v) is 2.95. The van der Waals surface area contributed by atoms with Crippen LogP contribution in [0.4, 0.5) is 10.1 Å². The lowest BCUT2D eigenvalue weighted by molar-refractivity contribution is -0.116. The van der Waals surface area contributed by atoms with Gasteiger partial charge < -0.3 is 10.2 Å². The van der Waals surface area contributed by atoms with Crippen LogP contribution >= 0.6 is 0 Å². The number of hydrogen-bond donors (Lipinski definition) is 2. The van der Waals surface area contributed by atoms with Crippen molar-refractivity contribution in [2.24, 2.45) is 0 Å². The number of aromatic amines is 1. The Morgan fingerprint density at radius 1 is 1.29 bits per heavy atom. The van der Waals surface area contributed by atoms with Gasteiger partial charge in [0.1, 0.15) is 12.1 Å². The van der Waals surface area contributed by atoms with Crippen LogP contribution in [0.15, 0.2) is 35.4 Å². The fourth-order valence-electron chi connectivity index (χ4n) is 2.95. The highest BCUT2D eigenvalue weighted by molar-refractivity contribution is 5.90. The number of nitrogens with zero attached hydrogens (tertiary/aromatic N) is 3. The van der Waals surface area contributed by atoms with Gasteiger partial charge in [0.2, 0.25) is 5.91 Å². The van der Waals surface area contributed by atoms with E-state index in [-0.39, 0.29) is 23.5 Å². The van der Waals surface area contributed by atoms with Gasteiger partial charge in [0.05, 0.1) is 0 Å². The zero-order valence-corrected chi connectivity index (χ0v) is 13.2. The number of amides is 1. The highest BCUT2D eigenvalue weighted by atomic mass is 19.1. The van der Waals surface area contributed by atoms with Crippen LogP contribution in [-0.2, 0) is 4.79 Å². The normalized spacial score (nSPS) is 16.2. The quantitative estimate of drug-likeness (QED) is 0.866. The van der Waals surface area contributed by atoms with Crippen LogP contribution in [-0.4, -0.2) is 45.2 Å². The minimum Gasteiger partial charge on any atom is -0.326 e. The number of hydrogen-bond acceptors (Lipinski definition) is 4. The number of anilines is 1. The van der Waals surface area contributed by atoms with Gasteiger partial charge in [-0.3, -0.25) is 9.36 Å². The molecule has 2 N–H and O–H groups in total. The number of carbonyl (C=O) groups excluding carboxylic acids is 1. The lowest BCUT2D eigenvalue weighted by Gasteiger charge is -2.31. The summed E-state index contributed by atoms with van der Waals surface area (Å²) in [5.41, 5.74) is 0.423. The van der Waals surface area contributed by atoms with E-state index in [1.807, 2.05) is 0 Å². The van der Waals surface area contributed by atoms with Gasteiger partial charge in [-0.2, -0.15) is 5.10 Å². The average molecular weight is 333 g/mol. The first-order valence-electron chi connectivity index (χ1n) is 8.01. The van der Waals surface area contributed by atoms with Gasteiger partial charge in [0.25, 0.3) is 0 Å². The molecule has 0 atom stereocenters. The van der Waals surface area contributed by atoms with E-state index in [4.69, 9.17) is 0 Å². The zero-order chi connectivity index (χ0) is 16.9. The molecule has 8 heteroatoms. The molecular formula is C16H20FN5O2. The number of halogens is 1. The van der Waals surface area contributed by atoms with Crippen LogP contribution in [0.2, 0.25) is 0 Å². The Labute approximate surface area is 138 Å². The van der Waals surface area contributed by atoms with Crippen molar-refractivity contribution >= 4 is 11.6 Å². The zero-order valence-electron chi connectivity index (χ0n) is 13.2. The van der Waals surface area contributed by atoms with E-state index < -0.39 is 0 Å². The third-order valence-electron chi connectivity index (χ3n) is 4.31. The van der Waals surface area contributed by atoms with Gasteiger partial charge >= 0.3 is 5.69 Å². The molecule has 24 heavy (non-hydrogen) atoms. The minimum absolute atomic E-state index is 0.0882. The summed E-state index contributed by atoms with van der Waals surface area (Å²) in [5.74, 6) is -0.414. The Morgan fingerprint density at radius 2 is 2.00 bits per heavy atom. The largest absolute Gasteiger partial charge is 0.343 e. The molecule has 2 aromatic rings. The Kier molecular flexibility index (Phi) is 5.05. The number of benzene rings is 1. The lowest BCUT2D eigenvalue weighted by Crippen LogP contribution is -2.38. The highest BCUT2D eigenvalue weighted by Crippen LogP contribution is 2.20. The summed E-state index contributed by atoms with van der Waals surface area (Å²) >= 11 is 0. The van der Waals surface area contributed by atoms with Gasteiger partial charge in [0, 0.05) is 37.8 Å². The van der Waals surface area contributed by atoms with E-state index in [0.717, 1.165) is 25.9 Å². The number of rotatable bonds is 5. The third-order valence-corrected chi connectivity index (χ3v) is 4.31. The maximum Gasteiger partial charge on any atom is 0.343 e. The number of aromatic nitrogens is 3. The Hall–Kier alpha value is -2.48. The first-order valence-corrected chi connectivity index (χ1v) is 8.01. The molecule has 128 valence electrons. The first-order chi connectivity index (χ1) is 11.6. The molecule has 7 nitrogen and oxygen atoms in total. The van der Waals surface area contributed by atoms with Gasteiger partial charge in [-0.1, -0.05) is 0 Å². The summed E-state index contributed by atoms with van der Waals surface area (Å²) in [6.07, 6.45) is 3.64. The summed E-state index contributed by atoms with van der Waals surface area (Å²) in [6, 6.07) is 5.89. The van der Waals surface area contributed by atoms with Crippen LogP contribution in [0.3, 0.4) is 0 Å². The van der Waals surface area contributed by atoms with Gasteiger partial charge in [-0.05, 0) is 37.1 Å². The van der Waals surface area contributed by atoms with Crippen LogP contribution < -0.4 is 11.0 Å². The van der Waals surface area contributed by atoms with Crippen molar-refractivity contribution in [3.05, 3.63) is 46.9 Å². The molecule has 3 rings (SSSR count). The number of carbonyl (C=O) groups is 1. The average Bonchev–Trinajstić information content (AvgIpc) is 3.02. The van der Waals surface area contributed by atoms with Crippen molar-refractivity contribution in [1.82, 2.24) is 19.7 Å². The minimum atomic E-state index is -0.326. The smallest absolute Gasteiger partial charge is 0.326 e. The molecule has 0 unspecified atom stereocenters.